The van der Waals surface area contributed by atoms with Crippen LogP contribution < -0.4 is 10.5 Å². The maximum Gasteiger partial charge on any atom is 0.264 e. The van der Waals surface area contributed by atoms with Crippen LogP contribution in [-0.4, -0.2) is 8.42 Å². The number of anilines is 2. The highest BCUT2D eigenvalue weighted by Crippen LogP contribution is 2.27. The van der Waals surface area contributed by atoms with Gasteiger partial charge in [-0.25, -0.2) is 12.8 Å². The minimum atomic E-state index is -4.00. The minimum absolute atomic E-state index is 0.346. The summed E-state index contributed by atoms with van der Waals surface area (Å²) in [6.45, 7) is 5.25. The molecule has 0 saturated heterocycles. The SMILES string of the molecule is Cc1ccc(F)c(S(=O)(=O)Nc2ccc(C)c(N)c2C)c1. The third kappa shape index (κ3) is 3.00. The molecule has 0 atom stereocenters. The maximum absolute atomic E-state index is 13.8. The Labute approximate surface area is 123 Å². The molecule has 0 aliphatic rings. The molecular weight excluding hydrogens is 291 g/mol. The van der Waals surface area contributed by atoms with E-state index in [0.29, 0.717) is 22.5 Å². The van der Waals surface area contributed by atoms with Gasteiger partial charge in [-0.3, -0.25) is 4.72 Å². The molecule has 2 aromatic rings. The van der Waals surface area contributed by atoms with Crippen molar-refractivity contribution in [1.29, 1.82) is 0 Å². The highest BCUT2D eigenvalue weighted by atomic mass is 32.2. The fraction of sp³-hybridized carbons (Fsp3) is 0.200. The average Bonchev–Trinajstić information content (AvgIpc) is 2.42. The molecule has 3 N–H and O–H groups in total. The van der Waals surface area contributed by atoms with Crippen LogP contribution in [0.3, 0.4) is 0 Å². The van der Waals surface area contributed by atoms with Crippen molar-refractivity contribution in [3.63, 3.8) is 0 Å². The van der Waals surface area contributed by atoms with Crippen molar-refractivity contribution in [3.8, 4) is 0 Å². The summed E-state index contributed by atoms with van der Waals surface area (Å²) in [5.74, 6) is -0.786. The Morgan fingerprint density at radius 1 is 1.10 bits per heavy atom. The normalized spacial score (nSPS) is 11.4. The van der Waals surface area contributed by atoms with Gasteiger partial charge in [0.25, 0.3) is 10.0 Å². The summed E-state index contributed by atoms with van der Waals surface area (Å²) in [6, 6.07) is 7.29. The van der Waals surface area contributed by atoms with E-state index in [4.69, 9.17) is 5.73 Å². The van der Waals surface area contributed by atoms with Crippen LogP contribution in [0.25, 0.3) is 0 Å². The Hall–Kier alpha value is -2.08. The van der Waals surface area contributed by atoms with E-state index in [1.807, 2.05) is 6.92 Å². The Balaban J connectivity index is 2.47. The highest BCUT2D eigenvalue weighted by molar-refractivity contribution is 7.92. The molecule has 0 spiro atoms. The predicted molar refractivity (Wildman–Crippen MR) is 82.3 cm³/mol. The third-order valence-electron chi connectivity index (χ3n) is 3.35. The molecule has 2 rings (SSSR count). The molecule has 0 aliphatic heterocycles. The van der Waals surface area contributed by atoms with Crippen molar-refractivity contribution in [2.75, 3.05) is 10.5 Å². The minimum Gasteiger partial charge on any atom is -0.398 e. The number of nitrogens with two attached hydrogens (primary N) is 1. The van der Waals surface area contributed by atoms with E-state index in [0.717, 1.165) is 11.6 Å². The van der Waals surface area contributed by atoms with Crippen LogP contribution in [0.4, 0.5) is 15.8 Å². The zero-order chi connectivity index (χ0) is 15.8. The van der Waals surface area contributed by atoms with E-state index in [-0.39, 0.29) is 4.90 Å². The average molecular weight is 308 g/mol. The van der Waals surface area contributed by atoms with Crippen molar-refractivity contribution < 1.29 is 12.8 Å². The number of hydrogen-bond acceptors (Lipinski definition) is 3. The van der Waals surface area contributed by atoms with Gasteiger partial charge in [0.2, 0.25) is 0 Å². The second kappa shape index (κ2) is 5.37. The molecule has 0 radical (unpaired) electrons. The molecule has 0 aliphatic carbocycles. The Morgan fingerprint density at radius 3 is 2.43 bits per heavy atom. The van der Waals surface area contributed by atoms with Gasteiger partial charge >= 0.3 is 0 Å². The third-order valence-corrected chi connectivity index (χ3v) is 4.73. The maximum atomic E-state index is 13.8. The first kappa shape index (κ1) is 15.3. The van der Waals surface area contributed by atoms with E-state index in [1.165, 1.54) is 12.1 Å². The lowest BCUT2D eigenvalue weighted by Crippen LogP contribution is -2.16. The molecule has 6 heteroatoms. The summed E-state index contributed by atoms with van der Waals surface area (Å²) in [6.07, 6.45) is 0. The first-order valence-electron chi connectivity index (χ1n) is 6.37. The number of sulfonamides is 1. The van der Waals surface area contributed by atoms with Crippen molar-refractivity contribution >= 4 is 21.4 Å². The van der Waals surface area contributed by atoms with Crippen LogP contribution in [-0.2, 0) is 10.0 Å². The van der Waals surface area contributed by atoms with Gasteiger partial charge in [-0.15, -0.1) is 0 Å². The van der Waals surface area contributed by atoms with Crippen LogP contribution >= 0.6 is 0 Å². The van der Waals surface area contributed by atoms with E-state index >= 15 is 0 Å². The number of hydrogen-bond donors (Lipinski definition) is 2. The fourth-order valence-corrected chi connectivity index (χ4v) is 3.28. The van der Waals surface area contributed by atoms with Crippen LogP contribution in [0, 0.1) is 26.6 Å². The molecule has 21 heavy (non-hydrogen) atoms. The Kier molecular flexibility index (Phi) is 3.91. The molecular formula is C15H17FN2O2S. The lowest BCUT2D eigenvalue weighted by Gasteiger charge is -2.14. The largest absolute Gasteiger partial charge is 0.398 e. The van der Waals surface area contributed by atoms with Gasteiger partial charge in [0, 0.05) is 5.69 Å². The zero-order valence-electron chi connectivity index (χ0n) is 12.1. The van der Waals surface area contributed by atoms with Gasteiger partial charge in [0.15, 0.2) is 0 Å². The van der Waals surface area contributed by atoms with E-state index < -0.39 is 15.8 Å². The van der Waals surface area contributed by atoms with Crippen molar-refractivity contribution in [2.24, 2.45) is 0 Å². The van der Waals surface area contributed by atoms with Crippen molar-refractivity contribution in [3.05, 3.63) is 52.8 Å². The van der Waals surface area contributed by atoms with E-state index in [1.54, 1.807) is 26.0 Å². The topological polar surface area (TPSA) is 72.2 Å². The van der Waals surface area contributed by atoms with E-state index in [9.17, 15) is 12.8 Å². The van der Waals surface area contributed by atoms with Gasteiger partial charge < -0.3 is 5.73 Å². The number of halogens is 1. The van der Waals surface area contributed by atoms with Crippen molar-refractivity contribution in [2.45, 2.75) is 25.7 Å². The Bertz CT molecular complexity index is 802. The lowest BCUT2D eigenvalue weighted by atomic mass is 10.1. The van der Waals surface area contributed by atoms with E-state index in [2.05, 4.69) is 4.72 Å². The molecule has 4 nitrogen and oxygen atoms in total. The molecule has 0 amide bonds. The van der Waals surface area contributed by atoms with Crippen LogP contribution in [0.15, 0.2) is 35.2 Å². The fourth-order valence-electron chi connectivity index (χ4n) is 1.99. The number of nitrogens with one attached hydrogen (secondary N) is 1. The van der Waals surface area contributed by atoms with Gasteiger partial charge in [0.1, 0.15) is 10.7 Å². The van der Waals surface area contributed by atoms with Crippen LogP contribution in [0.2, 0.25) is 0 Å². The standard InChI is InChI=1S/C15H17FN2O2S/c1-9-4-6-12(16)14(8-9)21(19,20)18-13-7-5-10(2)15(17)11(13)3/h4-8,18H,17H2,1-3H3. The lowest BCUT2D eigenvalue weighted by molar-refractivity contribution is 0.570. The summed E-state index contributed by atoms with van der Waals surface area (Å²) in [7, 11) is -4.00. The molecule has 0 bridgehead atoms. The number of benzene rings is 2. The smallest absolute Gasteiger partial charge is 0.264 e. The van der Waals surface area contributed by atoms with Gasteiger partial charge in [-0.1, -0.05) is 12.1 Å². The molecule has 2 aromatic carbocycles. The van der Waals surface area contributed by atoms with Gasteiger partial charge in [-0.2, -0.15) is 0 Å². The number of nitrogen functional groups attached to an aromatic ring is 1. The molecule has 0 aromatic heterocycles. The number of aryl methyl sites for hydroxylation is 2. The predicted octanol–water partition coefficient (Wildman–Crippen LogP) is 3.13. The zero-order valence-corrected chi connectivity index (χ0v) is 12.9. The Morgan fingerprint density at radius 2 is 1.76 bits per heavy atom. The summed E-state index contributed by atoms with van der Waals surface area (Å²) in [4.78, 5) is -0.374. The van der Waals surface area contributed by atoms with Crippen LogP contribution in [0.5, 0.6) is 0 Å². The molecule has 0 unspecified atom stereocenters. The molecule has 0 fully saturated rings. The molecule has 0 heterocycles. The number of rotatable bonds is 3. The van der Waals surface area contributed by atoms with Crippen LogP contribution in [0.1, 0.15) is 16.7 Å². The second-order valence-corrected chi connectivity index (χ2v) is 6.66. The van der Waals surface area contributed by atoms with Gasteiger partial charge in [-0.05, 0) is 55.7 Å². The first-order chi connectivity index (χ1) is 9.72. The van der Waals surface area contributed by atoms with Crippen molar-refractivity contribution in [1.82, 2.24) is 0 Å². The second-order valence-electron chi connectivity index (χ2n) is 5.01. The monoisotopic (exact) mass is 308 g/mol. The summed E-state index contributed by atoms with van der Waals surface area (Å²) >= 11 is 0. The summed E-state index contributed by atoms with van der Waals surface area (Å²) in [5, 5.41) is 0. The quantitative estimate of drug-likeness (QED) is 0.856. The molecule has 0 saturated carbocycles. The highest BCUT2D eigenvalue weighted by Gasteiger charge is 2.20. The molecule has 112 valence electrons. The first-order valence-corrected chi connectivity index (χ1v) is 7.85. The summed E-state index contributed by atoms with van der Waals surface area (Å²) < 4.78 is 40.8. The summed E-state index contributed by atoms with van der Waals surface area (Å²) in [5.41, 5.74) is 8.89. The van der Waals surface area contributed by atoms with Gasteiger partial charge in [0.05, 0.1) is 5.69 Å².